The standard InChI is InChI=1S/C58H60N3O.Pt/c1-36(2)38-20-22-39(23-21-38)41-26-27-59-50(34-41)44-29-43(32-45(33-44)56(4,5)6)48-17-15-18-52-54(48)60-55(49-16-13-14-19-53(49)62)61(52)51-25-24-40(28-37(51)3)42-30-46(57(7,8)9)35-47(31-42)58(10,11)12;/h13-28,30-36,62H,1-12H3;/q-1;/i3D3,36D;. The number of hydrogen-bond acceptors (Lipinski definition) is 3. The molecule has 1 N–H and O–H groups in total. The minimum atomic E-state index is -2.50. The van der Waals surface area contributed by atoms with Crippen LogP contribution in [-0.2, 0) is 37.3 Å². The third-order valence-corrected chi connectivity index (χ3v) is 11.9. The van der Waals surface area contributed by atoms with E-state index in [-0.39, 0.29) is 48.6 Å². The van der Waals surface area contributed by atoms with Crippen molar-refractivity contribution in [3.05, 3.63) is 167 Å². The van der Waals surface area contributed by atoms with Gasteiger partial charge in [-0.05, 0) is 110 Å². The first kappa shape index (κ1) is 40.2. The second kappa shape index (κ2) is 17.2. The topological polar surface area (TPSA) is 50.9 Å². The second-order valence-corrected chi connectivity index (χ2v) is 19.9. The number of aromatic hydroxyl groups is 1. The van der Waals surface area contributed by atoms with Crippen molar-refractivity contribution >= 4 is 11.0 Å². The van der Waals surface area contributed by atoms with Crippen molar-refractivity contribution in [2.75, 3.05) is 0 Å². The number of aryl methyl sites for hydroxylation is 1. The van der Waals surface area contributed by atoms with E-state index in [0.717, 1.165) is 55.8 Å². The molecule has 0 bridgehead atoms. The molecule has 0 fully saturated rings. The Morgan fingerprint density at radius 1 is 0.619 bits per heavy atom. The molecule has 8 aromatic rings. The Labute approximate surface area is 395 Å². The van der Waals surface area contributed by atoms with Crippen LogP contribution in [-0.4, -0.2) is 19.6 Å². The van der Waals surface area contributed by atoms with Crippen molar-refractivity contribution in [3.63, 3.8) is 0 Å². The van der Waals surface area contributed by atoms with Gasteiger partial charge in [0.1, 0.15) is 11.6 Å². The number of fused-ring (bicyclic) bond motifs is 1. The molecule has 324 valence electrons. The van der Waals surface area contributed by atoms with Crippen LogP contribution in [0.2, 0.25) is 0 Å². The fourth-order valence-corrected chi connectivity index (χ4v) is 8.01. The monoisotopic (exact) mass is 1010 g/mol. The average molecular weight is 1010 g/mol. The van der Waals surface area contributed by atoms with Crippen molar-refractivity contribution in [2.45, 2.75) is 105 Å². The molecule has 0 aliphatic rings. The van der Waals surface area contributed by atoms with Gasteiger partial charge in [-0.1, -0.05) is 166 Å². The number of aromatic nitrogens is 3. The maximum atomic E-state index is 11.4. The van der Waals surface area contributed by atoms with E-state index in [4.69, 9.17) is 15.5 Å². The minimum absolute atomic E-state index is 0. The van der Waals surface area contributed by atoms with Crippen LogP contribution in [0.25, 0.3) is 72.7 Å². The molecule has 2 heterocycles. The van der Waals surface area contributed by atoms with Gasteiger partial charge in [-0.25, -0.2) is 4.98 Å². The van der Waals surface area contributed by atoms with Crippen molar-refractivity contribution in [3.8, 4) is 67.5 Å². The molecule has 63 heavy (non-hydrogen) atoms. The fraction of sp³-hybridized carbons (Fsp3) is 0.276. The average Bonchev–Trinajstić information content (AvgIpc) is 3.64. The molecular formula is C58H60N3OPt-. The van der Waals surface area contributed by atoms with Crippen molar-refractivity contribution in [1.29, 1.82) is 0 Å². The SMILES string of the molecule is [2H]C([2H])([2H])c1cc(-c2cc(C(C)(C)C)cc(C(C)(C)C)c2)ccc1-n1c(-c2ccccc2O)nc2c(-c3[c-]c(-c4cc(-c5ccc(C([2H])(C)C)cc5)ccn4)cc(C(C)(C)C)c3)cccc21.[Pt]. The Kier molecular flexibility index (Phi) is 11.0. The maximum absolute atomic E-state index is 11.4. The van der Waals surface area contributed by atoms with Crippen LogP contribution in [0.15, 0.2) is 134 Å². The van der Waals surface area contributed by atoms with Crippen LogP contribution in [0, 0.1) is 12.9 Å². The third-order valence-electron chi connectivity index (χ3n) is 11.9. The van der Waals surface area contributed by atoms with Gasteiger partial charge in [-0.15, -0.1) is 29.3 Å². The Morgan fingerprint density at radius 3 is 1.86 bits per heavy atom. The van der Waals surface area contributed by atoms with Gasteiger partial charge in [-0.2, -0.15) is 0 Å². The predicted octanol–water partition coefficient (Wildman–Crippen LogP) is 15.6. The normalized spacial score (nSPS) is 13.5. The van der Waals surface area contributed by atoms with Gasteiger partial charge in [0.25, 0.3) is 0 Å². The maximum Gasteiger partial charge on any atom is 0.148 e. The van der Waals surface area contributed by atoms with Gasteiger partial charge in [0.05, 0.1) is 22.3 Å². The Morgan fingerprint density at radius 2 is 1.22 bits per heavy atom. The van der Waals surface area contributed by atoms with Crippen LogP contribution in [0.1, 0.15) is 115 Å². The van der Waals surface area contributed by atoms with Gasteiger partial charge < -0.3 is 5.11 Å². The number of rotatable bonds is 7. The summed E-state index contributed by atoms with van der Waals surface area (Å²) in [5.41, 5.74) is 13.3. The quantitative estimate of drug-likeness (QED) is 0.162. The molecule has 4 nitrogen and oxygen atoms in total. The Hall–Kier alpha value is -5.57. The van der Waals surface area contributed by atoms with Gasteiger partial charge in [0.15, 0.2) is 0 Å². The number of phenols is 1. The Balaban J connectivity index is 0.00000666. The van der Waals surface area contributed by atoms with E-state index in [1.54, 1.807) is 18.2 Å². The molecule has 0 saturated heterocycles. The van der Waals surface area contributed by atoms with Crippen LogP contribution in [0.4, 0.5) is 0 Å². The smallest absolute Gasteiger partial charge is 0.148 e. The molecule has 0 aliphatic carbocycles. The number of hydrogen-bond donors (Lipinski definition) is 1. The summed E-state index contributed by atoms with van der Waals surface area (Å²) in [7, 11) is 0. The van der Waals surface area contributed by atoms with Crippen molar-refractivity contribution < 1.29 is 31.7 Å². The van der Waals surface area contributed by atoms with Gasteiger partial charge in [-0.3, -0.25) is 9.55 Å². The predicted molar refractivity (Wildman–Crippen MR) is 261 cm³/mol. The molecule has 5 heteroatoms. The molecule has 0 spiro atoms. The molecular weight excluding hydrogens is 950 g/mol. The largest absolute Gasteiger partial charge is 0.507 e. The Bertz CT molecular complexity index is 3090. The summed E-state index contributed by atoms with van der Waals surface area (Å²) in [6.45, 7) is 21.0. The molecule has 6 aromatic carbocycles. The summed E-state index contributed by atoms with van der Waals surface area (Å²) < 4.78 is 37.3. The number of imidazole rings is 1. The van der Waals surface area contributed by atoms with Gasteiger partial charge in [0, 0.05) is 38.4 Å². The fourth-order valence-electron chi connectivity index (χ4n) is 8.01. The zero-order chi connectivity index (χ0) is 47.7. The van der Waals surface area contributed by atoms with Crippen molar-refractivity contribution in [1.82, 2.24) is 14.5 Å². The molecule has 0 aliphatic heterocycles. The summed E-state index contributed by atoms with van der Waals surface area (Å²) in [6, 6.07) is 45.6. The van der Waals surface area contributed by atoms with Crippen LogP contribution in [0.3, 0.4) is 0 Å². The minimum Gasteiger partial charge on any atom is -0.507 e. The van der Waals surface area contributed by atoms with E-state index in [1.807, 2.05) is 85.3 Å². The van der Waals surface area contributed by atoms with E-state index >= 15 is 0 Å². The number of nitrogens with zero attached hydrogens (tertiary/aromatic N) is 3. The van der Waals surface area contributed by atoms with E-state index in [9.17, 15) is 5.11 Å². The van der Waals surface area contributed by atoms with Crippen LogP contribution < -0.4 is 0 Å². The summed E-state index contributed by atoms with van der Waals surface area (Å²) in [4.78, 5) is 10.2. The first-order valence-corrected chi connectivity index (χ1v) is 21.5. The second-order valence-electron chi connectivity index (χ2n) is 19.9. The molecule has 2 aromatic heterocycles. The molecule has 0 saturated carbocycles. The van der Waals surface area contributed by atoms with E-state index in [2.05, 4.69) is 117 Å². The third kappa shape index (κ3) is 9.25. The molecule has 8 rings (SSSR count). The van der Waals surface area contributed by atoms with E-state index < -0.39 is 12.7 Å². The number of phenolic OH excluding ortho intramolecular Hbond substituents is 1. The van der Waals surface area contributed by atoms with E-state index in [1.165, 1.54) is 11.1 Å². The van der Waals surface area contributed by atoms with Crippen LogP contribution >= 0.6 is 0 Å². The molecule has 0 unspecified atom stereocenters. The zero-order valence-corrected chi connectivity index (χ0v) is 40.6. The number of pyridine rings is 1. The first-order valence-electron chi connectivity index (χ1n) is 23.5. The van der Waals surface area contributed by atoms with Crippen LogP contribution in [0.5, 0.6) is 5.75 Å². The molecule has 0 radical (unpaired) electrons. The number of para-hydroxylation sites is 2. The van der Waals surface area contributed by atoms with E-state index in [0.29, 0.717) is 28.1 Å². The molecule has 0 amide bonds. The first-order chi connectivity index (χ1) is 30.8. The van der Waals surface area contributed by atoms with Gasteiger partial charge >= 0.3 is 0 Å². The molecule has 0 atom stereocenters. The zero-order valence-electron chi connectivity index (χ0n) is 42.3. The summed E-state index contributed by atoms with van der Waals surface area (Å²) >= 11 is 0. The summed E-state index contributed by atoms with van der Waals surface area (Å²) in [5, 5.41) is 11.4. The van der Waals surface area contributed by atoms with Gasteiger partial charge in [0.2, 0.25) is 0 Å². The van der Waals surface area contributed by atoms with Crippen molar-refractivity contribution in [2.24, 2.45) is 0 Å². The summed E-state index contributed by atoms with van der Waals surface area (Å²) in [5.74, 6) is -0.247. The number of benzene rings is 6. The summed E-state index contributed by atoms with van der Waals surface area (Å²) in [6.07, 6.45) is 1.82.